The van der Waals surface area contributed by atoms with Crippen molar-refractivity contribution < 1.29 is 99.8 Å². The number of amides is 6. The summed E-state index contributed by atoms with van der Waals surface area (Å²) in [5.41, 5.74) is 1.74. The molecule has 2 aromatic carbocycles. The monoisotopic (exact) mass is 1710 g/mol. The van der Waals surface area contributed by atoms with E-state index in [1.54, 1.807) is 106 Å². The molecule has 1 unspecified atom stereocenters. The zero-order valence-corrected chi connectivity index (χ0v) is 72.5. The summed E-state index contributed by atoms with van der Waals surface area (Å²) >= 11 is 2.88. The molecule has 6 aromatic rings. The van der Waals surface area contributed by atoms with Gasteiger partial charge >= 0.3 is 33.5 Å². The van der Waals surface area contributed by atoms with Gasteiger partial charge in [0.1, 0.15) is 93.5 Å². The fraction of sp³-hybridized carbons (Fsp3) is 0.568. The van der Waals surface area contributed by atoms with Gasteiger partial charge in [-0.15, -0.1) is 35.8 Å². The molecule has 118 heavy (non-hydrogen) atoms. The number of hydrogen-bond acceptors (Lipinski definition) is 26. The number of benzene rings is 2. The highest BCUT2D eigenvalue weighted by Gasteiger charge is 2.69. The lowest BCUT2D eigenvalue weighted by Gasteiger charge is -2.35. The van der Waals surface area contributed by atoms with Crippen molar-refractivity contribution in [2.24, 2.45) is 22.7 Å². The Balaban J connectivity index is 0.000000233. The number of carbonyl (C=O) groups is 7. The molecule has 6 aliphatic rings. The van der Waals surface area contributed by atoms with Crippen molar-refractivity contribution in [3.8, 4) is 45.8 Å². The summed E-state index contributed by atoms with van der Waals surface area (Å²) in [6.45, 7) is 28.4. The fourth-order valence-corrected chi connectivity index (χ4v) is 19.7. The van der Waals surface area contributed by atoms with E-state index < -0.39 is 140 Å². The van der Waals surface area contributed by atoms with Crippen LogP contribution in [0.25, 0.3) is 44.6 Å². The molecule has 642 valence electrons. The topological polar surface area (TPSA) is 428 Å². The molecule has 6 heterocycles. The molecule has 37 heteroatoms. The molecule has 9 N–H and O–H groups in total. The van der Waals surface area contributed by atoms with Gasteiger partial charge in [-0.2, -0.15) is 0 Å². The SMILES string of the molecule is C=C[C@@H]1C[C@]1(NC(=O)[C@@H]1C[C@@H](Oc2cc(-c3csc(NC(C)C)n3)nc3cc(OC)ccc23)CN1C(=O)[C@@H](NC(=O)OC1CCCC1)C(C)(C)C)P(=O)(O)O.C=C[C@@H]1C[C@]1(NC(=O)[C@@H]1C[C@@H](Oc2cc(-c3csc(NC(C)C)n3)nc3cc(OC)ccc23)CN1C(=O)[C@@H](NC(=O)OC1CCCC1)C(C)(C)C)P(=O)(O)OCOC(=O)OC(C)C. The van der Waals surface area contributed by atoms with Gasteiger partial charge in [0.05, 0.1) is 55.8 Å². The van der Waals surface area contributed by atoms with Crippen molar-refractivity contribution >= 4 is 112 Å². The molecular formula is C81H110N12O21P2S2. The molecular weight excluding hydrogens is 1600 g/mol. The Bertz CT molecular complexity index is 4800. The highest BCUT2D eigenvalue weighted by atomic mass is 32.1. The number of anilines is 2. The molecule has 4 aromatic heterocycles. The first-order chi connectivity index (χ1) is 55.6. The summed E-state index contributed by atoms with van der Waals surface area (Å²) in [7, 11) is -6.50. The molecule has 6 fully saturated rings. The van der Waals surface area contributed by atoms with Crippen LogP contribution in [0.5, 0.6) is 23.0 Å². The van der Waals surface area contributed by atoms with E-state index in [1.807, 2.05) is 50.6 Å². The predicted molar refractivity (Wildman–Crippen MR) is 445 cm³/mol. The second-order valence-electron chi connectivity index (χ2n) is 33.7. The number of thiazole rings is 2. The molecule has 0 spiro atoms. The smallest absolute Gasteiger partial charge is 0.497 e. The Labute approximate surface area is 694 Å². The molecule has 2 aliphatic heterocycles. The molecule has 12 rings (SSSR count). The zero-order chi connectivity index (χ0) is 85.7. The minimum absolute atomic E-state index is 0.00650. The van der Waals surface area contributed by atoms with Crippen molar-refractivity contribution in [2.75, 3.05) is 44.7 Å². The average Bonchev–Trinajstić information content (AvgIpc) is 1.57. The molecule has 6 amide bonds. The zero-order valence-electron chi connectivity index (χ0n) is 69.0. The first kappa shape index (κ1) is 89.6. The number of aromatic nitrogens is 4. The van der Waals surface area contributed by atoms with Crippen LogP contribution in [-0.4, -0.2) is 198 Å². The maximum absolute atomic E-state index is 14.8. The number of likely N-dealkylation sites (tertiary alicyclic amines) is 2. The quantitative estimate of drug-likeness (QED) is 0.00665. The Morgan fingerprint density at radius 3 is 1.36 bits per heavy atom. The van der Waals surface area contributed by atoms with E-state index in [1.165, 1.54) is 44.6 Å². The number of ether oxygens (including phenoxy) is 8. The van der Waals surface area contributed by atoms with Crippen LogP contribution in [0.2, 0.25) is 0 Å². The van der Waals surface area contributed by atoms with Crippen molar-refractivity contribution in [3.05, 3.63) is 84.6 Å². The lowest BCUT2D eigenvalue weighted by Crippen LogP contribution is -2.58. The van der Waals surface area contributed by atoms with Gasteiger partial charge in [-0.1, -0.05) is 53.7 Å². The Hall–Kier alpha value is -9.21. The first-order valence-corrected chi connectivity index (χ1v) is 44.7. The first-order valence-electron chi connectivity index (χ1n) is 39.7. The van der Waals surface area contributed by atoms with Crippen LogP contribution in [-0.2, 0) is 51.8 Å². The second-order valence-corrected chi connectivity index (χ2v) is 39.4. The maximum atomic E-state index is 14.8. The summed E-state index contributed by atoms with van der Waals surface area (Å²) in [4.78, 5) is 150. The minimum Gasteiger partial charge on any atom is -0.497 e. The lowest BCUT2D eigenvalue weighted by molar-refractivity contribution is -0.142. The summed E-state index contributed by atoms with van der Waals surface area (Å²) in [6.07, 6.45) is 4.37. The number of nitrogens with one attached hydrogen (secondary N) is 6. The van der Waals surface area contributed by atoms with Gasteiger partial charge in [-0.05, 0) is 141 Å². The minimum atomic E-state index is -4.83. The van der Waals surface area contributed by atoms with Crippen LogP contribution in [0.1, 0.15) is 160 Å². The molecule has 0 bridgehead atoms. The van der Waals surface area contributed by atoms with Crippen molar-refractivity contribution in [2.45, 2.75) is 237 Å². The number of fused-ring (bicyclic) bond motifs is 2. The van der Waals surface area contributed by atoms with Crippen LogP contribution in [0, 0.1) is 22.7 Å². The van der Waals surface area contributed by atoms with E-state index in [2.05, 4.69) is 45.1 Å². The molecule has 4 aliphatic carbocycles. The van der Waals surface area contributed by atoms with E-state index in [0.717, 1.165) is 56.5 Å². The van der Waals surface area contributed by atoms with Gasteiger partial charge in [-0.25, -0.2) is 34.3 Å². The summed E-state index contributed by atoms with van der Waals surface area (Å²) in [5, 5.41) is 20.3. The van der Waals surface area contributed by atoms with E-state index >= 15 is 0 Å². The number of carbonyl (C=O) groups excluding carboxylic acids is 7. The molecule has 4 saturated carbocycles. The van der Waals surface area contributed by atoms with Gasteiger partial charge in [-0.3, -0.25) is 32.8 Å². The average molecular weight is 1710 g/mol. The third-order valence-corrected chi connectivity index (χ3v) is 26.8. The number of nitrogens with zero attached hydrogens (tertiary/aromatic N) is 6. The fourth-order valence-electron chi connectivity index (χ4n) is 15.1. The molecule has 0 radical (unpaired) electrons. The number of hydrogen-bond donors (Lipinski definition) is 9. The van der Waals surface area contributed by atoms with Crippen molar-refractivity contribution in [1.82, 2.24) is 51.0 Å². The molecule has 11 atom stereocenters. The van der Waals surface area contributed by atoms with Gasteiger partial charge in [0, 0.05) is 82.6 Å². The third-order valence-electron chi connectivity index (χ3n) is 21.5. The van der Waals surface area contributed by atoms with Crippen molar-refractivity contribution in [1.29, 1.82) is 0 Å². The van der Waals surface area contributed by atoms with Crippen molar-refractivity contribution in [3.63, 3.8) is 0 Å². The van der Waals surface area contributed by atoms with E-state index in [0.29, 0.717) is 72.7 Å². The highest BCUT2D eigenvalue weighted by molar-refractivity contribution is 7.55. The number of alkyl carbamates (subject to hydrolysis) is 2. The van der Waals surface area contributed by atoms with Crippen LogP contribution in [0.4, 0.5) is 24.6 Å². The maximum Gasteiger partial charge on any atom is 0.510 e. The summed E-state index contributed by atoms with van der Waals surface area (Å²) in [5.74, 6) is -2.01. The van der Waals surface area contributed by atoms with Crippen LogP contribution >= 0.6 is 37.9 Å². The van der Waals surface area contributed by atoms with Gasteiger partial charge < -0.3 is 94.3 Å². The Morgan fingerprint density at radius 1 is 0.585 bits per heavy atom. The number of methoxy groups -OCH3 is 2. The molecule has 33 nitrogen and oxygen atoms in total. The highest BCUT2D eigenvalue weighted by Crippen LogP contribution is 2.70. The summed E-state index contributed by atoms with van der Waals surface area (Å²) < 4.78 is 77.2. The summed E-state index contributed by atoms with van der Waals surface area (Å²) in [6, 6.07) is 9.89. The van der Waals surface area contributed by atoms with Gasteiger partial charge in [0.2, 0.25) is 30.4 Å². The second kappa shape index (κ2) is 36.8. The predicted octanol–water partition coefficient (Wildman–Crippen LogP) is 13.2. The number of rotatable bonds is 30. The lowest BCUT2D eigenvalue weighted by atomic mass is 9.85. The van der Waals surface area contributed by atoms with Gasteiger partial charge in [0.25, 0.3) is 0 Å². The molecule has 2 saturated heterocycles. The van der Waals surface area contributed by atoms with Crippen LogP contribution in [0.3, 0.4) is 0 Å². The van der Waals surface area contributed by atoms with E-state index in [9.17, 15) is 57.4 Å². The number of pyridine rings is 2. The third kappa shape index (κ3) is 21.1. The van der Waals surface area contributed by atoms with Crippen LogP contribution < -0.4 is 50.8 Å². The Kier molecular flexibility index (Phi) is 27.9. The van der Waals surface area contributed by atoms with E-state index in [4.69, 9.17) is 62.4 Å². The normalized spacial score (nSPS) is 22.9. The largest absolute Gasteiger partial charge is 0.510 e. The van der Waals surface area contributed by atoms with Crippen LogP contribution in [0.15, 0.2) is 84.6 Å². The Morgan fingerprint density at radius 2 is 0.992 bits per heavy atom. The van der Waals surface area contributed by atoms with Gasteiger partial charge in [0.15, 0.2) is 10.3 Å². The standard InChI is InChI=1S/C43H59N6O12PS.C38H51N6O9PS/c1-10-26-20-43(26,62(54,55)58-23-57-41(53)59-25(4)5)48-37(50)34-18-29(21-49(34)38(51)36(42(6,7)8)47-40(52)61-27-13-11-12-14-27)60-35-19-32(33-22-63-39(46-33)44-24(2)3)45-31-17-28(56-9)15-16-30(31)35;1-8-22-18-38(22,54(48,49)50)43-33(45)30-16-25(19-44(30)34(46)32(37(4,5)6)42-36(47)53-23-11-9-10-12-23)52-31-17-28(29-20-55-35(41-29)39-21(2)3)40-27-15-24(51-7)13-14-26(27)31/h10,15-17,19,22,24-27,29,34,36H,1,11-14,18,20-21,23H2,2-9H3,(H,44,46)(H,47,52)(H,48,50)(H,54,55);8,13-15,17,20-23,25,30,32H,1,9-12,16,18-19H2,2-7H3,(H,39,41)(H,42,47)(H,43,45)(H2,48,49,50)/t26-,29-,34+,36-,43+;22-,25-,30+,32-,38+/m11/s1. The van der Waals surface area contributed by atoms with E-state index in [-0.39, 0.29) is 63.1 Å².